The Labute approximate surface area is 125 Å². The van der Waals surface area contributed by atoms with Gasteiger partial charge in [-0.3, -0.25) is 9.88 Å². The van der Waals surface area contributed by atoms with E-state index in [4.69, 9.17) is 5.73 Å². The fourth-order valence-corrected chi connectivity index (χ4v) is 3.47. The third kappa shape index (κ3) is 3.66. The number of hydrogen-bond donors (Lipinski definition) is 1. The van der Waals surface area contributed by atoms with Gasteiger partial charge in [0.25, 0.3) is 0 Å². The molecule has 0 aromatic carbocycles. The van der Waals surface area contributed by atoms with Gasteiger partial charge in [0.05, 0.1) is 6.04 Å². The van der Waals surface area contributed by atoms with Crippen molar-refractivity contribution in [2.75, 3.05) is 13.1 Å². The summed E-state index contributed by atoms with van der Waals surface area (Å²) in [4.78, 5) is 9.31. The van der Waals surface area contributed by atoms with E-state index < -0.39 is 0 Å². The minimum atomic E-state index is 0.304. The fraction of sp³-hybridized carbons (Fsp3) is 0.438. The first-order valence-electron chi connectivity index (χ1n) is 7.20. The fourth-order valence-electron chi connectivity index (χ4n) is 2.37. The lowest BCUT2D eigenvalue weighted by Gasteiger charge is -2.29. The molecule has 0 bridgehead atoms. The van der Waals surface area contributed by atoms with Gasteiger partial charge in [-0.05, 0) is 42.8 Å². The monoisotopic (exact) mass is 289 g/mol. The SMILES string of the molecule is CCc1ccc(C(CN)N(CC)Cc2ccncc2)s1. The van der Waals surface area contributed by atoms with E-state index >= 15 is 0 Å². The topological polar surface area (TPSA) is 42.1 Å². The molecule has 0 spiro atoms. The number of pyridine rings is 1. The summed E-state index contributed by atoms with van der Waals surface area (Å²) in [7, 11) is 0. The number of likely N-dealkylation sites (N-methyl/N-ethyl adjacent to an activating group) is 1. The lowest BCUT2D eigenvalue weighted by Crippen LogP contribution is -2.32. The lowest BCUT2D eigenvalue weighted by atomic mass is 10.1. The van der Waals surface area contributed by atoms with Crippen molar-refractivity contribution < 1.29 is 0 Å². The molecule has 1 unspecified atom stereocenters. The van der Waals surface area contributed by atoms with E-state index in [1.807, 2.05) is 23.7 Å². The highest BCUT2D eigenvalue weighted by Gasteiger charge is 2.19. The molecule has 0 aliphatic heterocycles. The number of thiophene rings is 1. The van der Waals surface area contributed by atoms with Crippen LogP contribution in [-0.2, 0) is 13.0 Å². The van der Waals surface area contributed by atoms with Crippen LogP contribution >= 0.6 is 11.3 Å². The van der Waals surface area contributed by atoms with E-state index in [1.165, 1.54) is 15.3 Å². The third-order valence-corrected chi connectivity index (χ3v) is 4.90. The third-order valence-electron chi connectivity index (χ3n) is 3.56. The van der Waals surface area contributed by atoms with Gasteiger partial charge in [0.2, 0.25) is 0 Å². The second-order valence-electron chi connectivity index (χ2n) is 4.83. The van der Waals surface area contributed by atoms with Gasteiger partial charge >= 0.3 is 0 Å². The summed E-state index contributed by atoms with van der Waals surface area (Å²) in [5.74, 6) is 0. The average Bonchev–Trinajstić information content (AvgIpc) is 2.97. The average molecular weight is 289 g/mol. The predicted molar refractivity (Wildman–Crippen MR) is 85.8 cm³/mol. The van der Waals surface area contributed by atoms with E-state index in [9.17, 15) is 0 Å². The van der Waals surface area contributed by atoms with Crippen molar-refractivity contribution in [3.05, 3.63) is 52.0 Å². The van der Waals surface area contributed by atoms with Crippen LogP contribution < -0.4 is 5.73 Å². The van der Waals surface area contributed by atoms with Crippen LogP contribution in [0.25, 0.3) is 0 Å². The maximum atomic E-state index is 6.04. The number of aryl methyl sites for hydroxylation is 1. The zero-order chi connectivity index (χ0) is 14.4. The van der Waals surface area contributed by atoms with Crippen molar-refractivity contribution >= 4 is 11.3 Å². The molecule has 0 amide bonds. The van der Waals surface area contributed by atoms with E-state index in [-0.39, 0.29) is 0 Å². The molecule has 0 saturated heterocycles. The van der Waals surface area contributed by atoms with Crippen LogP contribution in [0.5, 0.6) is 0 Å². The molecule has 2 rings (SSSR count). The summed E-state index contributed by atoms with van der Waals surface area (Å²) >= 11 is 1.89. The minimum absolute atomic E-state index is 0.304. The smallest absolute Gasteiger partial charge is 0.0567 e. The summed E-state index contributed by atoms with van der Waals surface area (Å²) in [6.07, 6.45) is 4.79. The molecule has 3 nitrogen and oxygen atoms in total. The van der Waals surface area contributed by atoms with Crippen molar-refractivity contribution in [2.24, 2.45) is 5.73 Å². The van der Waals surface area contributed by atoms with E-state index in [2.05, 4.69) is 48.0 Å². The Morgan fingerprint density at radius 2 is 1.95 bits per heavy atom. The second kappa shape index (κ2) is 7.53. The van der Waals surface area contributed by atoms with Crippen molar-refractivity contribution in [1.29, 1.82) is 0 Å². The van der Waals surface area contributed by atoms with Gasteiger partial charge in [0, 0.05) is 35.2 Å². The Morgan fingerprint density at radius 3 is 2.50 bits per heavy atom. The highest BCUT2D eigenvalue weighted by atomic mass is 32.1. The molecular weight excluding hydrogens is 266 g/mol. The zero-order valence-corrected chi connectivity index (χ0v) is 13.1. The first kappa shape index (κ1) is 15.2. The highest BCUT2D eigenvalue weighted by molar-refractivity contribution is 7.12. The van der Waals surface area contributed by atoms with Gasteiger partial charge in [-0.2, -0.15) is 0 Å². The molecule has 108 valence electrons. The Balaban J connectivity index is 2.14. The molecule has 0 saturated carbocycles. The van der Waals surface area contributed by atoms with Crippen molar-refractivity contribution in [2.45, 2.75) is 32.9 Å². The Hall–Kier alpha value is -1.23. The number of nitrogens with zero attached hydrogens (tertiary/aromatic N) is 2. The number of hydrogen-bond acceptors (Lipinski definition) is 4. The molecule has 1 atom stereocenters. The van der Waals surface area contributed by atoms with E-state index in [1.54, 1.807) is 0 Å². The zero-order valence-electron chi connectivity index (χ0n) is 12.2. The van der Waals surface area contributed by atoms with Crippen molar-refractivity contribution in [3.63, 3.8) is 0 Å². The quantitative estimate of drug-likeness (QED) is 0.851. The Bertz CT molecular complexity index is 509. The van der Waals surface area contributed by atoms with E-state index in [0.29, 0.717) is 12.6 Å². The summed E-state index contributed by atoms with van der Waals surface area (Å²) in [6.45, 7) is 6.95. The largest absolute Gasteiger partial charge is 0.329 e. The second-order valence-corrected chi connectivity index (χ2v) is 6.03. The maximum absolute atomic E-state index is 6.04. The summed E-state index contributed by atoms with van der Waals surface area (Å²) in [5.41, 5.74) is 7.32. The molecular formula is C16H23N3S. The maximum Gasteiger partial charge on any atom is 0.0567 e. The van der Waals surface area contributed by atoms with Crippen LogP contribution in [0.3, 0.4) is 0 Å². The number of nitrogens with two attached hydrogens (primary N) is 1. The molecule has 2 N–H and O–H groups in total. The first-order valence-corrected chi connectivity index (χ1v) is 8.01. The minimum Gasteiger partial charge on any atom is -0.329 e. The van der Waals surface area contributed by atoms with Gasteiger partial charge in [-0.15, -0.1) is 11.3 Å². The molecule has 0 aliphatic carbocycles. The molecule has 0 fully saturated rings. The molecule has 4 heteroatoms. The molecule has 0 aliphatic rings. The van der Waals surface area contributed by atoms with E-state index in [0.717, 1.165) is 19.5 Å². The first-order chi connectivity index (χ1) is 9.78. The normalized spacial score (nSPS) is 12.8. The van der Waals surface area contributed by atoms with Crippen LogP contribution in [0, 0.1) is 0 Å². The van der Waals surface area contributed by atoms with Crippen LogP contribution in [-0.4, -0.2) is 23.0 Å². The van der Waals surface area contributed by atoms with Crippen LogP contribution in [0.2, 0.25) is 0 Å². The molecule has 2 aromatic rings. The van der Waals surface area contributed by atoms with Gasteiger partial charge in [-0.25, -0.2) is 0 Å². The van der Waals surface area contributed by atoms with Crippen LogP contribution in [0.1, 0.15) is 35.2 Å². The molecule has 20 heavy (non-hydrogen) atoms. The summed E-state index contributed by atoms with van der Waals surface area (Å²) in [6, 6.07) is 8.90. The van der Waals surface area contributed by atoms with Crippen molar-refractivity contribution in [3.8, 4) is 0 Å². The van der Waals surface area contributed by atoms with Crippen molar-refractivity contribution in [1.82, 2.24) is 9.88 Å². The number of rotatable bonds is 7. The van der Waals surface area contributed by atoms with Gasteiger partial charge in [0.15, 0.2) is 0 Å². The highest BCUT2D eigenvalue weighted by Crippen LogP contribution is 2.28. The van der Waals surface area contributed by atoms with Crippen LogP contribution in [0.15, 0.2) is 36.7 Å². The molecule has 2 aromatic heterocycles. The Morgan fingerprint density at radius 1 is 1.20 bits per heavy atom. The number of aromatic nitrogens is 1. The Kier molecular flexibility index (Phi) is 5.71. The molecule has 2 heterocycles. The van der Waals surface area contributed by atoms with Gasteiger partial charge in [-0.1, -0.05) is 13.8 Å². The van der Waals surface area contributed by atoms with Crippen LogP contribution in [0.4, 0.5) is 0 Å². The molecule has 0 radical (unpaired) electrons. The van der Waals surface area contributed by atoms with Gasteiger partial charge in [0.1, 0.15) is 0 Å². The predicted octanol–water partition coefficient (Wildman–Crippen LogP) is 3.23. The van der Waals surface area contributed by atoms with Gasteiger partial charge < -0.3 is 5.73 Å². The lowest BCUT2D eigenvalue weighted by molar-refractivity contribution is 0.206. The summed E-state index contributed by atoms with van der Waals surface area (Å²) < 4.78 is 0. The standard InChI is InChI=1S/C16H23N3S/c1-3-14-5-6-16(20-14)15(11-17)19(4-2)12-13-7-9-18-10-8-13/h5-10,15H,3-4,11-12,17H2,1-2H3. The summed E-state index contributed by atoms with van der Waals surface area (Å²) in [5, 5.41) is 0.